The fraction of sp³-hybridized carbons (Fsp3) is 1.00. The Hall–Kier alpha value is -0.130. The lowest BCUT2D eigenvalue weighted by Crippen LogP contribution is -2.36. The quantitative estimate of drug-likeness (QED) is 0.724. The van der Waals surface area contributed by atoms with Crippen molar-refractivity contribution in [2.75, 3.05) is 26.0 Å². The van der Waals surface area contributed by atoms with Crippen molar-refractivity contribution in [2.45, 2.75) is 20.8 Å². The van der Waals surface area contributed by atoms with E-state index in [1.54, 1.807) is 0 Å². The lowest BCUT2D eigenvalue weighted by atomic mass is 9.97. The van der Waals surface area contributed by atoms with Gasteiger partial charge in [-0.1, -0.05) is 20.8 Å². The number of aliphatic hydroxyl groups is 1. The van der Waals surface area contributed by atoms with E-state index in [-0.39, 0.29) is 17.8 Å². The molecule has 5 heteroatoms. The highest BCUT2D eigenvalue weighted by Gasteiger charge is 2.22. The van der Waals surface area contributed by atoms with Gasteiger partial charge in [0.25, 0.3) is 0 Å². The Bertz CT molecular complexity index is 241. The van der Waals surface area contributed by atoms with Crippen LogP contribution in [0, 0.1) is 5.41 Å². The SMILES string of the molecule is CN(CC(C)(C)C)S(=O)(=O)CCO. The van der Waals surface area contributed by atoms with Gasteiger partial charge >= 0.3 is 0 Å². The van der Waals surface area contributed by atoms with Crippen molar-refractivity contribution in [3.05, 3.63) is 0 Å². The van der Waals surface area contributed by atoms with Gasteiger partial charge in [0.15, 0.2) is 0 Å². The van der Waals surface area contributed by atoms with Crippen LogP contribution in [0.1, 0.15) is 20.8 Å². The van der Waals surface area contributed by atoms with Crippen LogP contribution in [0.15, 0.2) is 0 Å². The predicted octanol–water partition coefficient (Wildman–Crippen LogP) is 0.286. The predicted molar refractivity (Wildman–Crippen MR) is 53.0 cm³/mol. The smallest absolute Gasteiger partial charge is 0.216 e. The molecule has 13 heavy (non-hydrogen) atoms. The van der Waals surface area contributed by atoms with Crippen molar-refractivity contribution in [1.82, 2.24) is 4.31 Å². The van der Waals surface area contributed by atoms with E-state index in [2.05, 4.69) is 0 Å². The fourth-order valence-electron chi connectivity index (χ4n) is 1.04. The number of rotatable bonds is 4. The Labute approximate surface area is 80.6 Å². The van der Waals surface area contributed by atoms with Crippen molar-refractivity contribution in [1.29, 1.82) is 0 Å². The van der Waals surface area contributed by atoms with Crippen LogP contribution < -0.4 is 0 Å². The number of sulfonamides is 1. The van der Waals surface area contributed by atoms with Crippen LogP contribution in [-0.4, -0.2) is 43.8 Å². The van der Waals surface area contributed by atoms with Crippen molar-refractivity contribution >= 4 is 10.0 Å². The summed E-state index contributed by atoms with van der Waals surface area (Å²) >= 11 is 0. The summed E-state index contributed by atoms with van der Waals surface area (Å²) in [6.45, 7) is 6.06. The average molecular weight is 209 g/mol. The maximum absolute atomic E-state index is 11.4. The molecule has 1 N–H and O–H groups in total. The zero-order chi connectivity index (χ0) is 10.7. The molecular weight excluding hydrogens is 190 g/mol. The van der Waals surface area contributed by atoms with Crippen LogP contribution in [0.25, 0.3) is 0 Å². The third kappa shape index (κ3) is 5.23. The Morgan fingerprint density at radius 1 is 1.31 bits per heavy atom. The highest BCUT2D eigenvalue weighted by atomic mass is 32.2. The van der Waals surface area contributed by atoms with Crippen molar-refractivity contribution in [3.63, 3.8) is 0 Å². The molecule has 0 aromatic carbocycles. The summed E-state index contributed by atoms with van der Waals surface area (Å²) in [5.41, 5.74) is -0.0583. The van der Waals surface area contributed by atoms with Gasteiger partial charge in [0, 0.05) is 13.6 Å². The summed E-state index contributed by atoms with van der Waals surface area (Å²) in [5, 5.41) is 8.54. The van der Waals surface area contributed by atoms with Crippen LogP contribution >= 0.6 is 0 Å². The van der Waals surface area contributed by atoms with Crippen molar-refractivity contribution < 1.29 is 13.5 Å². The van der Waals surface area contributed by atoms with Gasteiger partial charge in [-0.15, -0.1) is 0 Å². The van der Waals surface area contributed by atoms with E-state index in [4.69, 9.17) is 5.11 Å². The van der Waals surface area contributed by atoms with E-state index >= 15 is 0 Å². The molecule has 0 rings (SSSR count). The minimum absolute atomic E-state index is 0.0583. The summed E-state index contributed by atoms with van der Waals surface area (Å²) in [5.74, 6) is -0.195. The number of nitrogens with zero attached hydrogens (tertiary/aromatic N) is 1. The second-order valence-corrected chi connectivity index (χ2v) is 6.55. The number of hydrogen-bond donors (Lipinski definition) is 1. The zero-order valence-electron chi connectivity index (χ0n) is 8.74. The first-order chi connectivity index (χ1) is 5.69. The van der Waals surface area contributed by atoms with E-state index in [9.17, 15) is 8.42 Å². The molecule has 80 valence electrons. The van der Waals surface area contributed by atoms with Gasteiger partial charge in [-0.2, -0.15) is 0 Å². The Morgan fingerprint density at radius 2 is 1.77 bits per heavy atom. The van der Waals surface area contributed by atoms with Gasteiger partial charge in [0.2, 0.25) is 10.0 Å². The van der Waals surface area contributed by atoms with Gasteiger partial charge in [-0.3, -0.25) is 0 Å². The third-order valence-corrected chi connectivity index (χ3v) is 3.30. The molecule has 0 aliphatic rings. The second-order valence-electron chi connectivity index (χ2n) is 4.36. The molecule has 0 amide bonds. The molecule has 0 unspecified atom stereocenters. The molecule has 0 bridgehead atoms. The van der Waals surface area contributed by atoms with Gasteiger partial charge in [0.1, 0.15) is 0 Å². The third-order valence-electron chi connectivity index (χ3n) is 1.52. The first-order valence-electron chi connectivity index (χ1n) is 4.24. The Morgan fingerprint density at radius 3 is 2.08 bits per heavy atom. The second kappa shape index (κ2) is 4.39. The molecule has 0 heterocycles. The van der Waals surface area contributed by atoms with Gasteiger partial charge < -0.3 is 5.11 Å². The largest absolute Gasteiger partial charge is 0.395 e. The normalized spacial score (nSPS) is 13.7. The minimum atomic E-state index is -3.26. The summed E-state index contributed by atoms with van der Waals surface area (Å²) < 4.78 is 24.0. The van der Waals surface area contributed by atoms with Crippen molar-refractivity contribution in [3.8, 4) is 0 Å². The van der Waals surface area contributed by atoms with Crippen LogP contribution in [-0.2, 0) is 10.0 Å². The maximum Gasteiger partial charge on any atom is 0.216 e. The molecular formula is C8H19NO3S. The number of aliphatic hydroxyl groups excluding tert-OH is 1. The van der Waals surface area contributed by atoms with E-state index in [1.165, 1.54) is 11.4 Å². The molecule has 0 aliphatic carbocycles. The molecule has 0 atom stereocenters. The topological polar surface area (TPSA) is 57.6 Å². The van der Waals surface area contributed by atoms with Crippen LogP contribution in [0.2, 0.25) is 0 Å². The van der Waals surface area contributed by atoms with E-state index in [0.717, 1.165) is 0 Å². The highest BCUT2D eigenvalue weighted by molar-refractivity contribution is 7.89. The van der Waals surface area contributed by atoms with Crippen molar-refractivity contribution in [2.24, 2.45) is 5.41 Å². The van der Waals surface area contributed by atoms with Crippen LogP contribution in [0.4, 0.5) is 0 Å². The highest BCUT2D eigenvalue weighted by Crippen LogP contribution is 2.16. The lowest BCUT2D eigenvalue weighted by molar-refractivity contribution is 0.297. The molecule has 0 aliphatic heterocycles. The average Bonchev–Trinajstić information content (AvgIpc) is 1.82. The molecule has 0 spiro atoms. The van der Waals surface area contributed by atoms with Gasteiger partial charge in [0.05, 0.1) is 12.4 Å². The molecule has 0 aromatic heterocycles. The zero-order valence-corrected chi connectivity index (χ0v) is 9.56. The fourth-order valence-corrected chi connectivity index (χ4v) is 2.16. The molecule has 0 aromatic rings. The lowest BCUT2D eigenvalue weighted by Gasteiger charge is -2.25. The molecule has 0 radical (unpaired) electrons. The van der Waals surface area contributed by atoms with E-state index < -0.39 is 10.0 Å². The number of hydrogen-bond acceptors (Lipinski definition) is 3. The van der Waals surface area contributed by atoms with Gasteiger partial charge in [-0.25, -0.2) is 12.7 Å². The summed E-state index contributed by atoms with van der Waals surface area (Å²) in [6.07, 6.45) is 0. The molecule has 4 nitrogen and oxygen atoms in total. The first kappa shape index (κ1) is 12.9. The summed E-state index contributed by atoms with van der Waals surface area (Å²) in [7, 11) is -1.72. The molecule has 0 saturated heterocycles. The molecule has 0 saturated carbocycles. The van der Waals surface area contributed by atoms with E-state index in [1.807, 2.05) is 20.8 Å². The minimum Gasteiger partial charge on any atom is -0.395 e. The standard InChI is InChI=1S/C8H19NO3S/c1-8(2,3)7-9(4)13(11,12)6-5-10/h10H,5-7H2,1-4H3. The van der Waals surface area contributed by atoms with E-state index in [0.29, 0.717) is 6.54 Å². The van der Waals surface area contributed by atoms with Crippen LogP contribution in [0.5, 0.6) is 0 Å². The summed E-state index contributed by atoms with van der Waals surface area (Å²) in [6, 6.07) is 0. The first-order valence-corrected chi connectivity index (χ1v) is 5.85. The van der Waals surface area contributed by atoms with Crippen LogP contribution in [0.3, 0.4) is 0 Å². The maximum atomic E-state index is 11.4. The van der Waals surface area contributed by atoms with Gasteiger partial charge in [-0.05, 0) is 5.41 Å². The monoisotopic (exact) mass is 209 g/mol. The molecule has 0 fully saturated rings. The Kier molecular flexibility index (Phi) is 4.35. The Balaban J connectivity index is 4.35. The summed E-state index contributed by atoms with van der Waals surface area (Å²) in [4.78, 5) is 0.